The first-order valence-corrected chi connectivity index (χ1v) is 11.3. The van der Waals surface area contributed by atoms with Gasteiger partial charge in [0.25, 0.3) is 5.91 Å². The Hall–Kier alpha value is -4.46. The van der Waals surface area contributed by atoms with Crippen LogP contribution in [-0.2, 0) is 16.1 Å². The summed E-state index contributed by atoms with van der Waals surface area (Å²) in [6, 6.07) is 21.0. The predicted molar refractivity (Wildman–Crippen MR) is 137 cm³/mol. The van der Waals surface area contributed by atoms with Crippen molar-refractivity contribution in [2.45, 2.75) is 19.9 Å². The van der Waals surface area contributed by atoms with E-state index in [1.54, 1.807) is 31.4 Å². The molecule has 35 heavy (non-hydrogen) atoms. The van der Waals surface area contributed by atoms with Gasteiger partial charge in [-0.05, 0) is 55.5 Å². The van der Waals surface area contributed by atoms with Crippen LogP contribution >= 0.6 is 0 Å². The van der Waals surface area contributed by atoms with Crippen LogP contribution in [0.5, 0.6) is 11.5 Å². The van der Waals surface area contributed by atoms with Crippen LogP contribution in [-0.4, -0.2) is 30.1 Å². The number of anilines is 1. The van der Waals surface area contributed by atoms with Gasteiger partial charge in [-0.2, -0.15) is 0 Å². The average Bonchev–Trinajstić information content (AvgIpc) is 3.19. The first-order valence-electron chi connectivity index (χ1n) is 11.3. The molecular formula is C27H28N4O4. The second kappa shape index (κ2) is 10.6. The third kappa shape index (κ3) is 5.55. The number of nitrogens with one attached hydrogen (secondary N) is 3. The lowest BCUT2D eigenvalue weighted by molar-refractivity contribution is -0.124. The molecule has 0 radical (unpaired) electrons. The minimum Gasteiger partial charge on any atom is -0.497 e. The maximum Gasteiger partial charge on any atom is 0.276 e. The summed E-state index contributed by atoms with van der Waals surface area (Å²) in [5.74, 6) is 0.591. The fourth-order valence-corrected chi connectivity index (χ4v) is 3.93. The Morgan fingerprint density at radius 3 is 2.34 bits per heavy atom. The van der Waals surface area contributed by atoms with Crippen molar-refractivity contribution in [3.8, 4) is 11.5 Å². The summed E-state index contributed by atoms with van der Waals surface area (Å²) >= 11 is 0. The number of amides is 2. The van der Waals surface area contributed by atoms with E-state index in [2.05, 4.69) is 46.4 Å². The number of carbonyl (C=O) groups is 2. The van der Waals surface area contributed by atoms with Crippen molar-refractivity contribution in [3.05, 3.63) is 79.0 Å². The summed E-state index contributed by atoms with van der Waals surface area (Å²) < 4.78 is 12.8. The maximum absolute atomic E-state index is 12.5. The van der Waals surface area contributed by atoms with Crippen molar-refractivity contribution in [2.75, 3.05) is 19.0 Å². The average molecular weight is 473 g/mol. The fourth-order valence-electron chi connectivity index (χ4n) is 3.93. The molecule has 0 bridgehead atoms. The summed E-state index contributed by atoms with van der Waals surface area (Å²) in [7, 11) is 1.58. The molecule has 0 atom stereocenters. The van der Waals surface area contributed by atoms with E-state index in [1.165, 1.54) is 0 Å². The molecule has 0 saturated carbocycles. The molecule has 4 rings (SSSR count). The lowest BCUT2D eigenvalue weighted by atomic mass is 10.1. The zero-order valence-corrected chi connectivity index (χ0v) is 19.8. The number of methoxy groups -OCH3 is 1. The van der Waals surface area contributed by atoms with Crippen LogP contribution in [0.3, 0.4) is 0 Å². The second-order valence-corrected chi connectivity index (χ2v) is 7.96. The van der Waals surface area contributed by atoms with Gasteiger partial charge in [0, 0.05) is 39.7 Å². The number of nitrogens with zero attached hydrogens (tertiary/aromatic N) is 1. The van der Waals surface area contributed by atoms with Crippen molar-refractivity contribution in [2.24, 2.45) is 0 Å². The quantitative estimate of drug-likeness (QED) is 0.298. The molecule has 2 amide bonds. The molecule has 3 aromatic carbocycles. The largest absolute Gasteiger partial charge is 0.497 e. The molecule has 3 N–H and O–H groups in total. The third-order valence-electron chi connectivity index (χ3n) is 5.55. The molecule has 0 unspecified atom stereocenters. The Bertz CT molecular complexity index is 1380. The van der Waals surface area contributed by atoms with Gasteiger partial charge in [-0.25, -0.2) is 0 Å². The Balaban J connectivity index is 1.28. The molecule has 0 aliphatic carbocycles. The number of fused-ring (bicyclic) bond motifs is 3. The number of para-hydroxylation sites is 1. The van der Waals surface area contributed by atoms with E-state index in [1.807, 2.05) is 30.3 Å². The molecule has 0 saturated heterocycles. The molecular weight excluding hydrogens is 444 g/mol. The topological polar surface area (TPSA) is 93.6 Å². The molecule has 8 heteroatoms. The van der Waals surface area contributed by atoms with Crippen molar-refractivity contribution < 1.29 is 19.1 Å². The van der Waals surface area contributed by atoms with Gasteiger partial charge in [0.1, 0.15) is 11.5 Å². The number of carbonyl (C=O) groups excluding carboxylic acids is 2. The second-order valence-electron chi connectivity index (χ2n) is 7.96. The lowest BCUT2D eigenvalue weighted by Gasteiger charge is -2.12. The highest BCUT2D eigenvalue weighted by Gasteiger charge is 2.12. The van der Waals surface area contributed by atoms with Gasteiger partial charge < -0.3 is 24.8 Å². The number of hydrogen-bond acceptors (Lipinski definition) is 5. The van der Waals surface area contributed by atoms with Crippen molar-refractivity contribution in [1.29, 1.82) is 0 Å². The standard InChI is InChI=1S/C27H28N4O4/c1-4-31-24-8-6-5-7-22(24)23-16-19(9-14-25(23)31)28-26(32)15-18(2)29-30-27(33)17-35-21-12-10-20(34-3)11-13-21/h5-14,16,29H,2,4,15,17H2,1,3H3,(H,28,32)(H,30,33). The smallest absolute Gasteiger partial charge is 0.276 e. The third-order valence-corrected chi connectivity index (χ3v) is 5.55. The number of benzene rings is 3. The minimum atomic E-state index is -0.403. The van der Waals surface area contributed by atoms with E-state index in [9.17, 15) is 9.59 Å². The van der Waals surface area contributed by atoms with Crippen molar-refractivity contribution in [1.82, 2.24) is 15.4 Å². The van der Waals surface area contributed by atoms with E-state index in [-0.39, 0.29) is 18.9 Å². The number of ether oxygens (including phenoxy) is 2. The maximum atomic E-state index is 12.5. The molecule has 4 aromatic rings. The highest BCUT2D eigenvalue weighted by molar-refractivity contribution is 6.09. The zero-order valence-electron chi connectivity index (χ0n) is 19.8. The minimum absolute atomic E-state index is 0.00558. The summed E-state index contributed by atoms with van der Waals surface area (Å²) in [4.78, 5) is 24.5. The molecule has 1 heterocycles. The lowest BCUT2D eigenvalue weighted by Crippen LogP contribution is -2.40. The van der Waals surface area contributed by atoms with Gasteiger partial charge in [-0.1, -0.05) is 24.8 Å². The zero-order chi connectivity index (χ0) is 24.8. The van der Waals surface area contributed by atoms with E-state index in [0.717, 1.165) is 28.4 Å². The molecule has 0 fully saturated rings. The van der Waals surface area contributed by atoms with Crippen LogP contribution in [0.4, 0.5) is 5.69 Å². The normalized spacial score (nSPS) is 10.7. The van der Waals surface area contributed by atoms with Crippen LogP contribution < -0.4 is 25.6 Å². The number of hydrazine groups is 1. The fraction of sp³-hybridized carbons (Fsp3) is 0.185. The Morgan fingerprint density at radius 1 is 0.886 bits per heavy atom. The van der Waals surface area contributed by atoms with E-state index >= 15 is 0 Å². The van der Waals surface area contributed by atoms with Crippen LogP contribution in [0.2, 0.25) is 0 Å². The van der Waals surface area contributed by atoms with Gasteiger partial charge in [0.05, 0.1) is 13.5 Å². The first kappa shape index (κ1) is 23.7. The number of aromatic nitrogens is 1. The van der Waals surface area contributed by atoms with Gasteiger partial charge in [0.15, 0.2) is 6.61 Å². The number of rotatable bonds is 10. The van der Waals surface area contributed by atoms with Crippen molar-refractivity contribution >= 4 is 39.3 Å². The van der Waals surface area contributed by atoms with E-state index in [4.69, 9.17) is 9.47 Å². The molecule has 1 aromatic heterocycles. The van der Waals surface area contributed by atoms with Crippen molar-refractivity contribution in [3.63, 3.8) is 0 Å². The summed E-state index contributed by atoms with van der Waals surface area (Å²) in [5, 5.41) is 5.13. The summed E-state index contributed by atoms with van der Waals surface area (Å²) in [6.07, 6.45) is -0.00558. The van der Waals surface area contributed by atoms with Crippen LogP contribution in [0.15, 0.2) is 79.0 Å². The first-order chi connectivity index (χ1) is 17.0. The van der Waals surface area contributed by atoms with Crippen LogP contribution in [0.25, 0.3) is 21.8 Å². The monoisotopic (exact) mass is 472 g/mol. The molecule has 0 aliphatic rings. The van der Waals surface area contributed by atoms with Gasteiger partial charge in [0.2, 0.25) is 5.91 Å². The molecule has 180 valence electrons. The summed E-state index contributed by atoms with van der Waals surface area (Å²) in [5.41, 5.74) is 8.48. The Morgan fingerprint density at radius 2 is 1.60 bits per heavy atom. The van der Waals surface area contributed by atoms with Gasteiger partial charge in [-0.15, -0.1) is 0 Å². The SMILES string of the molecule is C=C(CC(=O)Nc1ccc2c(c1)c1ccccc1n2CC)NNC(=O)COc1ccc(OC)cc1. The van der Waals surface area contributed by atoms with Crippen LogP contribution in [0.1, 0.15) is 13.3 Å². The summed E-state index contributed by atoms with van der Waals surface area (Å²) in [6.45, 7) is 6.59. The number of aryl methyl sites for hydroxylation is 1. The highest BCUT2D eigenvalue weighted by atomic mass is 16.5. The van der Waals surface area contributed by atoms with Crippen LogP contribution in [0, 0.1) is 0 Å². The Kier molecular flexibility index (Phi) is 7.21. The molecule has 0 spiro atoms. The van der Waals surface area contributed by atoms with Gasteiger partial charge >= 0.3 is 0 Å². The number of hydrogen-bond donors (Lipinski definition) is 3. The molecule has 0 aliphatic heterocycles. The predicted octanol–water partition coefficient (Wildman–Crippen LogP) is 4.37. The van der Waals surface area contributed by atoms with E-state index < -0.39 is 5.91 Å². The Labute approximate surface area is 203 Å². The van der Waals surface area contributed by atoms with Gasteiger partial charge in [-0.3, -0.25) is 15.0 Å². The molecule has 8 nitrogen and oxygen atoms in total. The highest BCUT2D eigenvalue weighted by Crippen LogP contribution is 2.31. The van der Waals surface area contributed by atoms with E-state index in [0.29, 0.717) is 22.9 Å².